The summed E-state index contributed by atoms with van der Waals surface area (Å²) >= 11 is 6.37. The van der Waals surface area contributed by atoms with E-state index in [-0.39, 0.29) is 36.7 Å². The zero-order valence-corrected chi connectivity index (χ0v) is 13.0. The standard InChI is InChI=1S/C6H13NO3S3.Na.H/c1-7(2)6(11)12-4-3-5-13(8,9)10;;/h3-5H2,1-2H3,(H,8,9,10);;/q;+1;-1. The van der Waals surface area contributed by atoms with Gasteiger partial charge in [0.2, 0.25) is 0 Å². The quantitative estimate of drug-likeness (QED) is 0.274. The molecule has 0 aliphatic rings. The Morgan fingerprint density at radius 1 is 1.57 bits per heavy atom. The topological polar surface area (TPSA) is 57.6 Å². The Hall–Kier alpha value is 1.15. The van der Waals surface area contributed by atoms with Gasteiger partial charge in [-0.25, -0.2) is 0 Å². The van der Waals surface area contributed by atoms with E-state index in [0.29, 0.717) is 12.2 Å². The summed E-state index contributed by atoms with van der Waals surface area (Å²) in [5.74, 6) is 0.410. The van der Waals surface area contributed by atoms with Crippen LogP contribution in [-0.2, 0) is 10.1 Å². The Morgan fingerprint density at radius 3 is 2.43 bits per heavy atom. The van der Waals surface area contributed by atoms with Gasteiger partial charge in [0.05, 0.1) is 5.75 Å². The summed E-state index contributed by atoms with van der Waals surface area (Å²) in [6.45, 7) is 0. The molecule has 0 amide bonds. The van der Waals surface area contributed by atoms with Crippen molar-refractivity contribution in [2.24, 2.45) is 0 Å². The van der Waals surface area contributed by atoms with Gasteiger partial charge in [-0.05, 0) is 6.42 Å². The number of rotatable bonds is 4. The molecule has 0 aromatic heterocycles. The molecule has 0 saturated carbocycles. The first kappa shape index (κ1) is 17.5. The van der Waals surface area contributed by atoms with E-state index in [4.69, 9.17) is 16.8 Å². The molecule has 0 saturated heterocycles. The minimum atomic E-state index is -3.81. The molecular formula is C6H14NNaO3S3. The van der Waals surface area contributed by atoms with E-state index in [1.165, 1.54) is 11.8 Å². The average molecular weight is 267 g/mol. The van der Waals surface area contributed by atoms with Crippen LogP contribution in [0.1, 0.15) is 7.85 Å². The van der Waals surface area contributed by atoms with Crippen molar-refractivity contribution in [2.45, 2.75) is 6.42 Å². The van der Waals surface area contributed by atoms with E-state index >= 15 is 0 Å². The predicted molar refractivity (Wildman–Crippen MR) is 60.9 cm³/mol. The second-order valence-corrected chi connectivity index (χ2v) is 5.95. The summed E-state index contributed by atoms with van der Waals surface area (Å²) in [4.78, 5) is 1.79. The molecule has 0 atom stereocenters. The van der Waals surface area contributed by atoms with E-state index in [1.54, 1.807) is 4.90 Å². The number of thioether (sulfide) groups is 1. The first-order chi connectivity index (χ1) is 5.83. The maximum atomic E-state index is 10.3. The van der Waals surface area contributed by atoms with Crippen LogP contribution in [0.3, 0.4) is 0 Å². The molecule has 0 radical (unpaired) electrons. The Balaban J connectivity index is -0.000000720. The Bertz CT molecular complexity index is 271. The fraction of sp³-hybridized carbons (Fsp3) is 0.833. The molecule has 0 bridgehead atoms. The summed E-state index contributed by atoms with van der Waals surface area (Å²) in [6.07, 6.45) is 0.414. The van der Waals surface area contributed by atoms with Gasteiger partial charge >= 0.3 is 29.6 Å². The molecule has 14 heavy (non-hydrogen) atoms. The first-order valence-corrected chi connectivity index (χ1v) is 6.62. The molecule has 0 aliphatic heterocycles. The number of thiocarbonyl (C=S) groups is 1. The molecule has 0 rings (SSSR count). The Kier molecular flexibility index (Phi) is 10.4. The van der Waals surface area contributed by atoms with Crippen molar-refractivity contribution >= 4 is 38.4 Å². The van der Waals surface area contributed by atoms with Gasteiger partial charge in [-0.2, -0.15) is 8.42 Å². The molecule has 0 fully saturated rings. The van der Waals surface area contributed by atoms with Gasteiger partial charge in [-0.3, -0.25) is 4.55 Å². The van der Waals surface area contributed by atoms with Gasteiger partial charge in [0.15, 0.2) is 0 Å². The molecular weight excluding hydrogens is 253 g/mol. The third kappa shape index (κ3) is 11.2. The SMILES string of the molecule is CN(C)C(=S)SCCCS(=O)(=O)O.[H-].[Na+]. The molecule has 0 aromatic rings. The molecule has 0 aliphatic carbocycles. The maximum Gasteiger partial charge on any atom is 1.00 e. The summed E-state index contributed by atoms with van der Waals surface area (Å²) in [5.41, 5.74) is 0. The van der Waals surface area contributed by atoms with Gasteiger partial charge in [-0.15, -0.1) is 0 Å². The van der Waals surface area contributed by atoms with Crippen molar-refractivity contribution in [3.05, 3.63) is 0 Å². The van der Waals surface area contributed by atoms with Crippen LogP contribution in [0.5, 0.6) is 0 Å². The van der Waals surface area contributed by atoms with Crippen LogP contribution in [0, 0.1) is 0 Å². The van der Waals surface area contributed by atoms with Crippen LogP contribution in [0.15, 0.2) is 0 Å². The van der Waals surface area contributed by atoms with Gasteiger partial charge in [0.25, 0.3) is 10.1 Å². The van der Waals surface area contributed by atoms with Crippen LogP contribution in [-0.4, -0.2) is 47.8 Å². The third-order valence-corrected chi connectivity index (χ3v) is 3.77. The van der Waals surface area contributed by atoms with Crippen LogP contribution in [0.25, 0.3) is 0 Å². The van der Waals surface area contributed by atoms with Gasteiger partial charge < -0.3 is 6.33 Å². The number of hydrogen-bond donors (Lipinski definition) is 1. The minimum Gasteiger partial charge on any atom is -1.00 e. The summed E-state index contributed by atoms with van der Waals surface area (Å²) in [7, 11) is -0.150. The first-order valence-electron chi connectivity index (χ1n) is 3.62. The van der Waals surface area contributed by atoms with Crippen LogP contribution < -0.4 is 29.6 Å². The van der Waals surface area contributed by atoms with Crippen LogP contribution in [0.4, 0.5) is 0 Å². The van der Waals surface area contributed by atoms with Gasteiger partial charge in [0, 0.05) is 19.8 Å². The number of hydrogen-bond acceptors (Lipinski definition) is 4. The second-order valence-electron chi connectivity index (χ2n) is 2.65. The fourth-order valence-electron chi connectivity index (χ4n) is 0.530. The molecule has 4 nitrogen and oxygen atoms in total. The predicted octanol–water partition coefficient (Wildman–Crippen LogP) is -2.04. The Labute approximate surface area is 118 Å². The zero-order chi connectivity index (χ0) is 10.5. The molecule has 0 unspecified atom stereocenters. The van der Waals surface area contributed by atoms with Crippen LogP contribution in [0.2, 0.25) is 0 Å². The molecule has 1 N–H and O–H groups in total. The van der Waals surface area contributed by atoms with Gasteiger partial charge in [0.1, 0.15) is 4.32 Å². The van der Waals surface area contributed by atoms with Crippen LogP contribution >= 0.6 is 24.0 Å². The van der Waals surface area contributed by atoms with Crippen molar-refractivity contribution in [3.8, 4) is 0 Å². The smallest absolute Gasteiger partial charge is 1.00 e. The maximum absolute atomic E-state index is 10.3. The molecule has 0 spiro atoms. The normalized spacial score (nSPS) is 10.5. The summed E-state index contributed by atoms with van der Waals surface area (Å²) in [5, 5.41) is 0. The van der Waals surface area contributed by atoms with Crippen molar-refractivity contribution in [2.75, 3.05) is 25.6 Å². The van der Waals surface area contributed by atoms with E-state index in [1.807, 2.05) is 14.1 Å². The van der Waals surface area contributed by atoms with Crippen molar-refractivity contribution in [1.29, 1.82) is 0 Å². The molecule has 0 heterocycles. The largest absolute Gasteiger partial charge is 1.00 e. The second kappa shape index (κ2) is 8.32. The molecule has 80 valence electrons. The number of nitrogens with zero attached hydrogens (tertiary/aromatic N) is 1. The van der Waals surface area contributed by atoms with Gasteiger partial charge in [-0.1, -0.05) is 24.0 Å². The fourth-order valence-corrected chi connectivity index (χ4v) is 2.19. The van der Waals surface area contributed by atoms with Crippen molar-refractivity contribution < 1.29 is 44.0 Å². The Morgan fingerprint density at radius 2 is 2.07 bits per heavy atom. The van der Waals surface area contributed by atoms with E-state index in [9.17, 15) is 8.42 Å². The molecule has 8 heteroatoms. The monoisotopic (exact) mass is 267 g/mol. The van der Waals surface area contributed by atoms with E-state index < -0.39 is 10.1 Å². The van der Waals surface area contributed by atoms with Crippen molar-refractivity contribution in [1.82, 2.24) is 4.90 Å². The molecule has 0 aromatic carbocycles. The van der Waals surface area contributed by atoms with E-state index in [2.05, 4.69) is 0 Å². The summed E-state index contributed by atoms with van der Waals surface area (Å²) < 4.78 is 29.8. The third-order valence-electron chi connectivity index (χ3n) is 1.14. The average Bonchev–Trinajstić information content (AvgIpc) is 1.95. The minimum absolute atomic E-state index is 0. The zero-order valence-electron chi connectivity index (χ0n) is 9.56. The van der Waals surface area contributed by atoms with Crippen molar-refractivity contribution in [3.63, 3.8) is 0 Å². The summed E-state index contributed by atoms with van der Waals surface area (Å²) in [6, 6.07) is 0. The van der Waals surface area contributed by atoms with E-state index in [0.717, 1.165) is 4.32 Å².